The molecule has 0 aliphatic carbocycles. The predicted molar refractivity (Wildman–Crippen MR) is 83.4 cm³/mol. The number of amides is 1. The molecule has 1 amide bonds. The third-order valence-corrected chi connectivity index (χ3v) is 2.96. The molecule has 0 heterocycles. The van der Waals surface area contributed by atoms with E-state index in [2.05, 4.69) is 5.32 Å². The van der Waals surface area contributed by atoms with Crippen LogP contribution in [0.25, 0.3) is 0 Å². The van der Waals surface area contributed by atoms with E-state index < -0.39 is 5.91 Å². The van der Waals surface area contributed by atoms with Gasteiger partial charge in [0.1, 0.15) is 0 Å². The van der Waals surface area contributed by atoms with Gasteiger partial charge in [-0.05, 0) is 30.3 Å². The van der Waals surface area contributed by atoms with Crippen LogP contribution in [0, 0.1) is 0 Å². The number of rotatable bonds is 4. The van der Waals surface area contributed by atoms with Crippen molar-refractivity contribution in [3.63, 3.8) is 0 Å². The number of hydrogen-bond acceptors (Lipinski definition) is 4. The monoisotopic (exact) mass is 270 g/mol. The first-order chi connectivity index (χ1) is 9.49. The van der Waals surface area contributed by atoms with Gasteiger partial charge in [-0.3, -0.25) is 4.79 Å². The largest absolute Gasteiger partial charge is 0.399 e. The van der Waals surface area contributed by atoms with Crippen molar-refractivity contribution in [1.29, 1.82) is 0 Å². The van der Waals surface area contributed by atoms with E-state index in [1.165, 1.54) is 0 Å². The highest BCUT2D eigenvalue weighted by molar-refractivity contribution is 6.00. The molecule has 104 valence electrons. The zero-order valence-corrected chi connectivity index (χ0v) is 11.6. The van der Waals surface area contributed by atoms with E-state index in [0.717, 1.165) is 11.4 Å². The van der Waals surface area contributed by atoms with E-state index >= 15 is 0 Å². The molecule has 0 aliphatic heterocycles. The summed E-state index contributed by atoms with van der Waals surface area (Å²) >= 11 is 0. The molecule has 5 nitrogen and oxygen atoms in total. The van der Waals surface area contributed by atoms with E-state index in [9.17, 15) is 4.79 Å². The van der Waals surface area contributed by atoms with Crippen LogP contribution in [0.3, 0.4) is 0 Å². The number of para-hydroxylation sites is 2. The van der Waals surface area contributed by atoms with Crippen molar-refractivity contribution in [2.75, 3.05) is 30.0 Å². The molecule has 0 atom stereocenters. The Bertz CT molecular complexity index is 638. The maximum Gasteiger partial charge on any atom is 0.250 e. The van der Waals surface area contributed by atoms with Crippen molar-refractivity contribution >= 4 is 28.7 Å². The Balaban J connectivity index is 2.45. The molecule has 5 heteroatoms. The highest BCUT2D eigenvalue weighted by atomic mass is 16.1. The molecule has 0 saturated carbocycles. The highest BCUT2D eigenvalue weighted by Crippen LogP contribution is 2.29. The fourth-order valence-corrected chi connectivity index (χ4v) is 1.99. The van der Waals surface area contributed by atoms with Crippen LogP contribution in [0.5, 0.6) is 0 Å². The molecule has 0 aliphatic rings. The van der Waals surface area contributed by atoms with Gasteiger partial charge in [0, 0.05) is 19.8 Å². The summed E-state index contributed by atoms with van der Waals surface area (Å²) in [4.78, 5) is 13.5. The molecular weight excluding hydrogens is 252 g/mol. The van der Waals surface area contributed by atoms with Gasteiger partial charge in [-0.2, -0.15) is 0 Å². The Morgan fingerprint density at radius 1 is 1.10 bits per heavy atom. The first-order valence-electron chi connectivity index (χ1n) is 6.21. The minimum absolute atomic E-state index is 0.410. The van der Waals surface area contributed by atoms with Gasteiger partial charge in [0.05, 0.1) is 22.6 Å². The molecule has 0 unspecified atom stereocenters. The van der Waals surface area contributed by atoms with Gasteiger partial charge < -0.3 is 21.7 Å². The van der Waals surface area contributed by atoms with Crippen LogP contribution in [0.2, 0.25) is 0 Å². The fraction of sp³-hybridized carbons (Fsp3) is 0.133. The van der Waals surface area contributed by atoms with Crippen molar-refractivity contribution < 1.29 is 4.79 Å². The van der Waals surface area contributed by atoms with Crippen LogP contribution in [0.4, 0.5) is 22.7 Å². The predicted octanol–water partition coefficient (Wildman–Crippen LogP) is 2.18. The van der Waals surface area contributed by atoms with Crippen LogP contribution in [0.15, 0.2) is 42.5 Å². The van der Waals surface area contributed by atoms with Gasteiger partial charge >= 0.3 is 0 Å². The topological polar surface area (TPSA) is 84.4 Å². The van der Waals surface area contributed by atoms with Crippen molar-refractivity contribution in [3.8, 4) is 0 Å². The summed E-state index contributed by atoms with van der Waals surface area (Å²) in [5.74, 6) is -0.491. The molecule has 2 aromatic carbocycles. The molecule has 0 saturated heterocycles. The molecule has 0 aromatic heterocycles. The van der Waals surface area contributed by atoms with Crippen LogP contribution in [-0.4, -0.2) is 20.0 Å². The lowest BCUT2D eigenvalue weighted by atomic mass is 10.1. The van der Waals surface area contributed by atoms with Crippen LogP contribution in [-0.2, 0) is 0 Å². The number of nitrogen functional groups attached to an aromatic ring is 1. The summed E-state index contributed by atoms with van der Waals surface area (Å²) in [5.41, 5.74) is 14.6. The zero-order chi connectivity index (χ0) is 14.7. The van der Waals surface area contributed by atoms with E-state index in [1.807, 2.05) is 43.3 Å². The average Bonchev–Trinajstić information content (AvgIpc) is 2.38. The third kappa shape index (κ3) is 2.83. The van der Waals surface area contributed by atoms with Crippen molar-refractivity contribution in [2.24, 2.45) is 5.73 Å². The quantitative estimate of drug-likeness (QED) is 0.743. The van der Waals surface area contributed by atoms with Crippen molar-refractivity contribution in [2.45, 2.75) is 0 Å². The Morgan fingerprint density at radius 2 is 1.80 bits per heavy atom. The Hall–Kier alpha value is -2.69. The summed E-state index contributed by atoms with van der Waals surface area (Å²) in [6.07, 6.45) is 0. The molecule has 0 spiro atoms. The average molecular weight is 270 g/mol. The second-order valence-electron chi connectivity index (χ2n) is 4.71. The molecule has 2 rings (SSSR count). The van der Waals surface area contributed by atoms with Gasteiger partial charge in [-0.15, -0.1) is 0 Å². The molecule has 2 aromatic rings. The fourth-order valence-electron chi connectivity index (χ4n) is 1.99. The number of nitrogens with zero attached hydrogens (tertiary/aromatic N) is 1. The number of hydrogen-bond donors (Lipinski definition) is 3. The Labute approximate surface area is 118 Å². The maximum absolute atomic E-state index is 11.5. The molecule has 0 radical (unpaired) electrons. The van der Waals surface area contributed by atoms with Crippen molar-refractivity contribution in [1.82, 2.24) is 0 Å². The summed E-state index contributed by atoms with van der Waals surface area (Å²) in [5, 5.41) is 3.22. The lowest BCUT2D eigenvalue weighted by molar-refractivity contribution is 0.100. The van der Waals surface area contributed by atoms with Crippen LogP contribution >= 0.6 is 0 Å². The zero-order valence-electron chi connectivity index (χ0n) is 11.6. The number of nitrogens with one attached hydrogen (secondary N) is 1. The first kappa shape index (κ1) is 13.7. The van der Waals surface area contributed by atoms with Crippen LogP contribution < -0.4 is 21.7 Å². The summed E-state index contributed by atoms with van der Waals surface area (Å²) < 4.78 is 0. The Morgan fingerprint density at radius 3 is 2.45 bits per heavy atom. The molecule has 0 fully saturated rings. The van der Waals surface area contributed by atoms with E-state index in [0.29, 0.717) is 16.9 Å². The molecular formula is C15H18N4O. The normalized spacial score (nSPS) is 10.1. The van der Waals surface area contributed by atoms with Crippen molar-refractivity contribution in [3.05, 3.63) is 48.0 Å². The minimum atomic E-state index is -0.491. The molecule has 20 heavy (non-hydrogen) atoms. The SMILES string of the molecule is CN(C)c1ccccc1Nc1cc(N)ccc1C(N)=O. The number of primary amides is 1. The highest BCUT2D eigenvalue weighted by Gasteiger charge is 2.11. The first-order valence-corrected chi connectivity index (χ1v) is 6.21. The van der Waals surface area contributed by atoms with Crippen LogP contribution in [0.1, 0.15) is 10.4 Å². The van der Waals surface area contributed by atoms with E-state index in [-0.39, 0.29) is 0 Å². The van der Waals surface area contributed by atoms with Gasteiger partial charge in [0.15, 0.2) is 0 Å². The van der Waals surface area contributed by atoms with Gasteiger partial charge in [-0.1, -0.05) is 12.1 Å². The second kappa shape index (κ2) is 5.52. The summed E-state index contributed by atoms with van der Waals surface area (Å²) in [6.45, 7) is 0. The number of benzene rings is 2. The molecule has 0 bridgehead atoms. The lowest BCUT2D eigenvalue weighted by Gasteiger charge is -2.19. The standard InChI is InChI=1S/C15H18N4O/c1-19(2)14-6-4-3-5-12(14)18-13-9-10(16)7-8-11(13)15(17)20/h3-9,18H,16H2,1-2H3,(H2,17,20). The smallest absolute Gasteiger partial charge is 0.250 e. The van der Waals surface area contributed by atoms with Gasteiger partial charge in [0.2, 0.25) is 0 Å². The molecule has 5 N–H and O–H groups in total. The number of carbonyl (C=O) groups is 1. The lowest BCUT2D eigenvalue weighted by Crippen LogP contribution is -2.15. The minimum Gasteiger partial charge on any atom is -0.399 e. The maximum atomic E-state index is 11.5. The summed E-state index contributed by atoms with van der Waals surface area (Å²) in [6, 6.07) is 12.8. The van der Waals surface area contributed by atoms with E-state index in [4.69, 9.17) is 11.5 Å². The van der Waals surface area contributed by atoms with Gasteiger partial charge in [0.25, 0.3) is 5.91 Å². The third-order valence-electron chi connectivity index (χ3n) is 2.96. The van der Waals surface area contributed by atoms with Gasteiger partial charge in [-0.25, -0.2) is 0 Å². The Kier molecular flexibility index (Phi) is 3.79. The van der Waals surface area contributed by atoms with E-state index in [1.54, 1.807) is 18.2 Å². The summed E-state index contributed by atoms with van der Waals surface area (Å²) in [7, 11) is 3.91. The number of carbonyl (C=O) groups excluding carboxylic acids is 1. The number of nitrogens with two attached hydrogens (primary N) is 2. The number of anilines is 4. The second-order valence-corrected chi connectivity index (χ2v) is 4.71.